The van der Waals surface area contributed by atoms with Crippen LogP contribution in [0, 0.1) is 5.92 Å². The molecule has 1 aliphatic rings. The molecule has 2 unspecified atom stereocenters. The van der Waals surface area contributed by atoms with Crippen LogP contribution in [0.2, 0.25) is 0 Å². The Morgan fingerprint density at radius 1 is 1.32 bits per heavy atom. The van der Waals surface area contributed by atoms with Crippen molar-refractivity contribution in [1.29, 1.82) is 0 Å². The van der Waals surface area contributed by atoms with Crippen LogP contribution in [0.25, 0.3) is 0 Å². The molecule has 4 N–H and O–H groups in total. The molecule has 1 heterocycles. The molecule has 1 aliphatic heterocycles. The Labute approximate surface area is 114 Å². The first-order chi connectivity index (χ1) is 8.80. The number of piperidine rings is 1. The minimum atomic E-state index is -3.69. The first-order valence-corrected chi connectivity index (χ1v) is 8.04. The van der Waals surface area contributed by atoms with E-state index < -0.39 is 10.0 Å². The monoisotopic (exact) mass is 283 g/mol. The Balaban J connectivity index is 2.44. The van der Waals surface area contributed by atoms with Crippen molar-refractivity contribution in [1.82, 2.24) is 0 Å². The number of hydrogen-bond acceptors (Lipinski definition) is 4. The van der Waals surface area contributed by atoms with Crippen LogP contribution in [-0.2, 0) is 10.0 Å². The van der Waals surface area contributed by atoms with Crippen LogP contribution in [0.15, 0.2) is 23.1 Å². The first kappa shape index (κ1) is 14.1. The maximum Gasteiger partial charge on any atom is 0.238 e. The molecule has 0 bridgehead atoms. The second kappa shape index (κ2) is 5.02. The predicted octanol–water partition coefficient (Wildman–Crippen LogP) is 1.54. The summed E-state index contributed by atoms with van der Waals surface area (Å²) in [5.74, 6) is 0.561. The van der Waals surface area contributed by atoms with Gasteiger partial charge in [-0.15, -0.1) is 0 Å². The topological polar surface area (TPSA) is 89.4 Å². The molecular weight excluding hydrogens is 262 g/mol. The summed E-state index contributed by atoms with van der Waals surface area (Å²) in [6, 6.07) is 4.98. The van der Waals surface area contributed by atoms with Gasteiger partial charge in [-0.3, -0.25) is 0 Å². The van der Waals surface area contributed by atoms with Crippen molar-refractivity contribution in [3.63, 3.8) is 0 Å². The highest BCUT2D eigenvalue weighted by Crippen LogP contribution is 2.33. The van der Waals surface area contributed by atoms with E-state index in [1.54, 1.807) is 12.1 Å². The van der Waals surface area contributed by atoms with Gasteiger partial charge < -0.3 is 10.6 Å². The molecule has 1 fully saturated rings. The summed E-state index contributed by atoms with van der Waals surface area (Å²) >= 11 is 0. The Hall–Kier alpha value is -1.27. The number of sulfonamides is 1. The molecule has 2 atom stereocenters. The number of nitrogens with two attached hydrogens (primary N) is 2. The quantitative estimate of drug-likeness (QED) is 0.806. The van der Waals surface area contributed by atoms with Crippen molar-refractivity contribution in [2.45, 2.75) is 37.6 Å². The summed E-state index contributed by atoms with van der Waals surface area (Å²) in [5, 5.41) is 5.18. The first-order valence-electron chi connectivity index (χ1n) is 6.49. The molecule has 0 spiro atoms. The summed E-state index contributed by atoms with van der Waals surface area (Å²) in [6.07, 6.45) is 2.27. The fraction of sp³-hybridized carbons (Fsp3) is 0.538. The second-order valence-corrected chi connectivity index (χ2v) is 6.88. The Morgan fingerprint density at radius 2 is 2.00 bits per heavy atom. The minimum absolute atomic E-state index is 0.113. The summed E-state index contributed by atoms with van der Waals surface area (Å²) in [5.41, 5.74) is 7.35. The van der Waals surface area contributed by atoms with Crippen LogP contribution in [-0.4, -0.2) is 21.0 Å². The molecule has 2 rings (SSSR count). The normalized spacial score (nSPS) is 24.5. The highest BCUT2D eigenvalue weighted by Gasteiger charge is 2.26. The molecule has 0 aromatic heterocycles. The zero-order valence-electron chi connectivity index (χ0n) is 11.3. The standard InChI is InChI=1S/C13H21N3O2S/c1-9-4-3-7-16(10(9)2)13-8-11(19(15,17)18)5-6-12(13)14/h5-6,8-10H,3-4,7,14H2,1-2H3,(H2,15,17,18). The van der Waals surface area contributed by atoms with Crippen LogP contribution < -0.4 is 15.8 Å². The van der Waals surface area contributed by atoms with Crippen LogP contribution in [0.1, 0.15) is 26.7 Å². The number of hydrogen-bond donors (Lipinski definition) is 2. The van der Waals surface area contributed by atoms with Gasteiger partial charge >= 0.3 is 0 Å². The van der Waals surface area contributed by atoms with Crippen molar-refractivity contribution >= 4 is 21.4 Å². The molecule has 0 radical (unpaired) electrons. The SMILES string of the molecule is CC1CCCN(c2cc(S(N)(=O)=O)ccc2N)C1C. The summed E-state index contributed by atoms with van der Waals surface area (Å²) in [6.45, 7) is 5.24. The van der Waals surface area contributed by atoms with E-state index in [1.807, 2.05) is 0 Å². The molecule has 0 aliphatic carbocycles. The molecule has 0 saturated carbocycles. The van der Waals surface area contributed by atoms with E-state index in [2.05, 4.69) is 18.7 Å². The van der Waals surface area contributed by atoms with E-state index in [4.69, 9.17) is 10.9 Å². The molecule has 106 valence electrons. The van der Waals surface area contributed by atoms with E-state index in [0.29, 0.717) is 17.6 Å². The lowest BCUT2D eigenvalue weighted by Gasteiger charge is -2.40. The third-order valence-corrected chi connectivity index (χ3v) is 4.92. The van der Waals surface area contributed by atoms with Gasteiger partial charge in [0.2, 0.25) is 10.0 Å². The number of anilines is 2. The van der Waals surface area contributed by atoms with Crippen LogP contribution >= 0.6 is 0 Å². The molecule has 1 saturated heterocycles. The smallest absolute Gasteiger partial charge is 0.238 e. The average Bonchev–Trinajstić information content (AvgIpc) is 2.32. The van der Waals surface area contributed by atoms with Crippen molar-refractivity contribution in [2.75, 3.05) is 17.2 Å². The third-order valence-electron chi connectivity index (χ3n) is 4.01. The fourth-order valence-electron chi connectivity index (χ4n) is 2.62. The predicted molar refractivity (Wildman–Crippen MR) is 77.4 cm³/mol. The van der Waals surface area contributed by atoms with Crippen molar-refractivity contribution in [3.8, 4) is 0 Å². The highest BCUT2D eigenvalue weighted by atomic mass is 32.2. The maximum atomic E-state index is 11.4. The van der Waals surface area contributed by atoms with Gasteiger partial charge in [0.25, 0.3) is 0 Å². The summed E-state index contributed by atoms with van der Waals surface area (Å²) < 4.78 is 22.9. The van der Waals surface area contributed by atoms with Gasteiger partial charge in [-0.2, -0.15) is 0 Å². The number of benzene rings is 1. The summed E-state index contributed by atoms with van der Waals surface area (Å²) in [4.78, 5) is 2.29. The second-order valence-electron chi connectivity index (χ2n) is 5.32. The Kier molecular flexibility index (Phi) is 3.73. The molecule has 1 aromatic rings. The minimum Gasteiger partial charge on any atom is -0.397 e. The van der Waals surface area contributed by atoms with Crippen molar-refractivity contribution < 1.29 is 8.42 Å². The number of rotatable bonds is 2. The van der Waals surface area contributed by atoms with Crippen molar-refractivity contribution in [2.24, 2.45) is 11.1 Å². The van der Waals surface area contributed by atoms with Gasteiger partial charge in [0, 0.05) is 12.6 Å². The van der Waals surface area contributed by atoms with E-state index in [0.717, 1.165) is 18.7 Å². The van der Waals surface area contributed by atoms with Gasteiger partial charge in [-0.05, 0) is 43.9 Å². The van der Waals surface area contributed by atoms with Gasteiger partial charge in [0.15, 0.2) is 0 Å². The van der Waals surface area contributed by atoms with Gasteiger partial charge in [0.05, 0.1) is 16.3 Å². The lowest BCUT2D eigenvalue weighted by atomic mass is 9.91. The van der Waals surface area contributed by atoms with E-state index >= 15 is 0 Å². The van der Waals surface area contributed by atoms with Gasteiger partial charge in [-0.1, -0.05) is 6.92 Å². The zero-order chi connectivity index (χ0) is 14.2. The van der Waals surface area contributed by atoms with Crippen molar-refractivity contribution in [3.05, 3.63) is 18.2 Å². The average molecular weight is 283 g/mol. The number of nitrogen functional groups attached to an aromatic ring is 1. The largest absolute Gasteiger partial charge is 0.397 e. The fourth-order valence-corrected chi connectivity index (χ4v) is 3.16. The highest BCUT2D eigenvalue weighted by molar-refractivity contribution is 7.89. The molecule has 5 nitrogen and oxygen atoms in total. The summed E-state index contributed by atoms with van der Waals surface area (Å²) in [7, 11) is -3.69. The lowest BCUT2D eigenvalue weighted by Crippen LogP contribution is -2.42. The third kappa shape index (κ3) is 2.84. The Morgan fingerprint density at radius 3 is 2.63 bits per heavy atom. The van der Waals surface area contributed by atoms with E-state index in [-0.39, 0.29) is 4.90 Å². The maximum absolute atomic E-state index is 11.4. The molecule has 0 amide bonds. The van der Waals surface area contributed by atoms with Gasteiger partial charge in [0.1, 0.15) is 0 Å². The Bertz CT molecular complexity index is 571. The number of nitrogens with zero attached hydrogens (tertiary/aromatic N) is 1. The van der Waals surface area contributed by atoms with Crippen LogP contribution in [0.4, 0.5) is 11.4 Å². The molecule has 19 heavy (non-hydrogen) atoms. The lowest BCUT2D eigenvalue weighted by molar-refractivity contribution is 0.364. The zero-order valence-corrected chi connectivity index (χ0v) is 12.2. The van der Waals surface area contributed by atoms with E-state index in [1.165, 1.54) is 12.5 Å². The number of primary sulfonamides is 1. The van der Waals surface area contributed by atoms with Crippen LogP contribution in [0.3, 0.4) is 0 Å². The molecule has 1 aromatic carbocycles. The molecular formula is C13H21N3O2S. The van der Waals surface area contributed by atoms with E-state index in [9.17, 15) is 8.42 Å². The molecule has 6 heteroatoms. The van der Waals surface area contributed by atoms with Crippen LogP contribution in [0.5, 0.6) is 0 Å². The van der Waals surface area contributed by atoms with Gasteiger partial charge in [-0.25, -0.2) is 13.6 Å².